The third kappa shape index (κ3) is 6.63. The summed E-state index contributed by atoms with van der Waals surface area (Å²) in [4.78, 5) is 22.1. The molecule has 1 aliphatic heterocycles. The zero-order valence-electron chi connectivity index (χ0n) is 14.6. The highest BCUT2D eigenvalue weighted by Gasteiger charge is 2.37. The average Bonchev–Trinajstić information content (AvgIpc) is 2.51. The van der Waals surface area contributed by atoms with Crippen molar-refractivity contribution in [3.05, 3.63) is 20.2 Å². The van der Waals surface area contributed by atoms with Gasteiger partial charge in [-0.25, -0.2) is 0 Å². The van der Waals surface area contributed by atoms with Crippen molar-refractivity contribution in [2.45, 2.75) is 37.8 Å². The van der Waals surface area contributed by atoms with Crippen LogP contribution in [0.4, 0.5) is 0 Å². The quantitative estimate of drug-likeness (QED) is 0.377. The van der Waals surface area contributed by atoms with Crippen molar-refractivity contribution in [2.24, 2.45) is 0 Å². The molecule has 4 N–H and O–H groups in total. The van der Waals surface area contributed by atoms with Gasteiger partial charge in [-0.15, -0.1) is 0 Å². The molecule has 0 aromatic rings. The molecule has 1 aliphatic rings. The van der Waals surface area contributed by atoms with Crippen molar-refractivity contribution in [1.82, 2.24) is 21.3 Å². The fraction of sp³-hybridized carbons (Fsp3) is 1.00. The van der Waals surface area contributed by atoms with Crippen molar-refractivity contribution in [2.75, 3.05) is 52.4 Å². The largest absolute Gasteiger partial charge is 0.310 e. The highest BCUT2D eigenvalue weighted by atomic mass is 16.6. The predicted molar refractivity (Wildman–Crippen MR) is 91.5 cm³/mol. The summed E-state index contributed by atoms with van der Waals surface area (Å²) in [7, 11) is 0. The molecule has 0 unspecified atom stereocenters. The lowest BCUT2D eigenvalue weighted by Crippen LogP contribution is -2.53. The molecular weight excluding hydrogens is 316 g/mol. The number of nitro groups is 2. The van der Waals surface area contributed by atoms with Crippen molar-refractivity contribution < 1.29 is 9.85 Å². The standard InChI is InChI=1S/C14H30N6O4/c1-13(19(21)22)9-15-5-3-7-17-11-14(2,20(23)24)12-18-8-4-6-16-10-13/h15-18H,3-12H2,1-2H3. The Morgan fingerprint density at radius 1 is 0.667 bits per heavy atom. The molecule has 1 saturated heterocycles. The predicted octanol–water partition coefficient (Wildman–Crippen LogP) is -0.791. The minimum atomic E-state index is -1.04. The van der Waals surface area contributed by atoms with E-state index in [1.165, 1.54) is 0 Å². The second-order valence-corrected chi connectivity index (χ2v) is 6.92. The van der Waals surface area contributed by atoms with Crippen LogP contribution in [0.1, 0.15) is 26.7 Å². The van der Waals surface area contributed by atoms with Crippen LogP contribution in [-0.2, 0) is 0 Å². The first-order valence-corrected chi connectivity index (χ1v) is 8.42. The molecule has 0 bridgehead atoms. The Bertz CT molecular complexity index is 366. The number of nitrogens with zero attached hydrogens (tertiary/aromatic N) is 2. The smallest absolute Gasteiger partial charge is 0.243 e. The number of nitrogens with one attached hydrogen (secondary N) is 4. The summed E-state index contributed by atoms with van der Waals surface area (Å²) in [6, 6.07) is 0. The van der Waals surface area contributed by atoms with Gasteiger partial charge in [-0.05, 0) is 39.0 Å². The van der Waals surface area contributed by atoms with Crippen LogP contribution in [0.3, 0.4) is 0 Å². The molecule has 1 rings (SSSR count). The number of hydrogen-bond donors (Lipinski definition) is 4. The van der Waals surface area contributed by atoms with Crippen molar-refractivity contribution in [1.29, 1.82) is 0 Å². The van der Waals surface area contributed by atoms with E-state index in [0.29, 0.717) is 26.2 Å². The lowest BCUT2D eigenvalue weighted by atomic mass is 10.0. The van der Waals surface area contributed by atoms with Crippen LogP contribution in [0.2, 0.25) is 0 Å². The number of hydrogen-bond acceptors (Lipinski definition) is 8. The van der Waals surface area contributed by atoms with Gasteiger partial charge in [0.2, 0.25) is 11.1 Å². The van der Waals surface area contributed by atoms with E-state index in [2.05, 4.69) is 21.3 Å². The molecule has 0 aromatic heterocycles. The van der Waals surface area contributed by atoms with Gasteiger partial charge in [-0.3, -0.25) is 20.2 Å². The van der Waals surface area contributed by atoms with Crippen LogP contribution in [0, 0.1) is 20.2 Å². The van der Waals surface area contributed by atoms with Crippen LogP contribution >= 0.6 is 0 Å². The molecule has 0 amide bonds. The molecule has 24 heavy (non-hydrogen) atoms. The molecule has 140 valence electrons. The maximum atomic E-state index is 11.3. The topological polar surface area (TPSA) is 134 Å². The maximum absolute atomic E-state index is 11.3. The van der Waals surface area contributed by atoms with E-state index >= 15 is 0 Å². The van der Waals surface area contributed by atoms with Gasteiger partial charge in [0.1, 0.15) is 0 Å². The van der Waals surface area contributed by atoms with E-state index in [1.54, 1.807) is 13.8 Å². The summed E-state index contributed by atoms with van der Waals surface area (Å²) in [5.74, 6) is 0. The van der Waals surface area contributed by atoms with Gasteiger partial charge in [0, 0.05) is 23.7 Å². The lowest BCUT2D eigenvalue weighted by Gasteiger charge is -2.24. The third-order valence-electron chi connectivity index (χ3n) is 4.32. The van der Waals surface area contributed by atoms with E-state index < -0.39 is 11.1 Å². The summed E-state index contributed by atoms with van der Waals surface area (Å²) in [5, 5.41) is 35.0. The van der Waals surface area contributed by atoms with Gasteiger partial charge in [0.05, 0.1) is 26.2 Å². The van der Waals surface area contributed by atoms with Crippen LogP contribution in [0.15, 0.2) is 0 Å². The van der Waals surface area contributed by atoms with Gasteiger partial charge < -0.3 is 21.3 Å². The first-order chi connectivity index (χ1) is 11.3. The molecule has 0 atom stereocenters. The normalized spacial score (nSPS) is 32.1. The Kier molecular flexibility index (Phi) is 8.46. The Labute approximate surface area is 142 Å². The molecule has 0 aliphatic carbocycles. The van der Waals surface area contributed by atoms with E-state index in [-0.39, 0.29) is 36.0 Å². The lowest BCUT2D eigenvalue weighted by molar-refractivity contribution is -0.560. The van der Waals surface area contributed by atoms with Crippen molar-refractivity contribution in [3.63, 3.8) is 0 Å². The zero-order valence-corrected chi connectivity index (χ0v) is 14.6. The minimum absolute atomic E-state index is 0.241. The monoisotopic (exact) mass is 346 g/mol. The first-order valence-electron chi connectivity index (χ1n) is 8.42. The molecule has 0 aromatic carbocycles. The SMILES string of the molecule is CC1([N+](=O)[O-])CNCCCNCC(C)([N+](=O)[O-])CNCCCNC1. The molecule has 10 nitrogen and oxygen atoms in total. The Morgan fingerprint density at radius 2 is 0.917 bits per heavy atom. The molecule has 0 radical (unpaired) electrons. The fourth-order valence-electron chi connectivity index (χ4n) is 2.49. The Hall–Kier alpha value is -1.36. The van der Waals surface area contributed by atoms with E-state index in [4.69, 9.17) is 0 Å². The second-order valence-electron chi connectivity index (χ2n) is 6.92. The molecule has 0 saturated carbocycles. The molecule has 1 heterocycles. The highest BCUT2D eigenvalue weighted by molar-refractivity contribution is 4.82. The average molecular weight is 346 g/mol. The molecular formula is C14H30N6O4. The molecule has 10 heteroatoms. The first kappa shape index (κ1) is 20.7. The summed E-state index contributed by atoms with van der Waals surface area (Å²) >= 11 is 0. The van der Waals surface area contributed by atoms with Crippen molar-refractivity contribution in [3.8, 4) is 0 Å². The van der Waals surface area contributed by atoms with Crippen LogP contribution < -0.4 is 21.3 Å². The van der Waals surface area contributed by atoms with Gasteiger partial charge in [0.25, 0.3) is 0 Å². The summed E-state index contributed by atoms with van der Waals surface area (Å²) in [6.45, 7) is 6.94. The van der Waals surface area contributed by atoms with Crippen LogP contribution in [-0.4, -0.2) is 73.3 Å². The van der Waals surface area contributed by atoms with Gasteiger partial charge in [0.15, 0.2) is 0 Å². The number of rotatable bonds is 2. The van der Waals surface area contributed by atoms with Gasteiger partial charge in [-0.1, -0.05) is 0 Å². The third-order valence-corrected chi connectivity index (χ3v) is 4.32. The highest BCUT2D eigenvalue weighted by Crippen LogP contribution is 2.08. The minimum Gasteiger partial charge on any atom is -0.310 e. The van der Waals surface area contributed by atoms with Gasteiger partial charge >= 0.3 is 0 Å². The second kappa shape index (κ2) is 9.82. The maximum Gasteiger partial charge on any atom is 0.243 e. The summed E-state index contributed by atoms with van der Waals surface area (Å²) < 4.78 is 0. The fourth-order valence-corrected chi connectivity index (χ4v) is 2.49. The van der Waals surface area contributed by atoms with Gasteiger partial charge in [-0.2, -0.15) is 0 Å². The molecule has 0 spiro atoms. The van der Waals surface area contributed by atoms with E-state index in [9.17, 15) is 20.2 Å². The van der Waals surface area contributed by atoms with Crippen LogP contribution in [0.5, 0.6) is 0 Å². The summed E-state index contributed by atoms with van der Waals surface area (Å²) in [6.07, 6.45) is 1.50. The summed E-state index contributed by atoms with van der Waals surface area (Å²) in [5.41, 5.74) is -2.08. The zero-order chi connectivity index (χ0) is 18.1. The van der Waals surface area contributed by atoms with Crippen molar-refractivity contribution >= 4 is 0 Å². The van der Waals surface area contributed by atoms with E-state index in [0.717, 1.165) is 12.8 Å². The molecule has 1 fully saturated rings. The van der Waals surface area contributed by atoms with Crippen LogP contribution in [0.25, 0.3) is 0 Å². The Balaban J connectivity index is 2.57. The Morgan fingerprint density at radius 3 is 1.12 bits per heavy atom. The van der Waals surface area contributed by atoms with E-state index in [1.807, 2.05) is 0 Å².